The van der Waals surface area contributed by atoms with Gasteiger partial charge in [-0.05, 0) is 64.8 Å². The second-order valence-electron chi connectivity index (χ2n) is 8.93. The number of methoxy groups -OCH3 is 1. The lowest BCUT2D eigenvalue weighted by atomic mass is 10.0. The van der Waals surface area contributed by atoms with Crippen molar-refractivity contribution in [3.05, 3.63) is 23.3 Å². The van der Waals surface area contributed by atoms with Crippen LogP contribution in [0, 0.1) is 13.8 Å². The highest BCUT2D eigenvalue weighted by Gasteiger charge is 2.44. The maximum atomic E-state index is 13.6. The van der Waals surface area contributed by atoms with Crippen molar-refractivity contribution >= 4 is 27.8 Å². The minimum absolute atomic E-state index is 0.0514. The van der Waals surface area contributed by atoms with Crippen molar-refractivity contribution in [3.63, 3.8) is 0 Å². The van der Waals surface area contributed by atoms with E-state index in [0.29, 0.717) is 18.0 Å². The molecule has 0 spiro atoms. The van der Waals surface area contributed by atoms with E-state index in [1.807, 2.05) is 20.8 Å². The molecule has 10 heteroatoms. The first kappa shape index (κ1) is 25.9. The molecular weight excluding hydrogens is 436 g/mol. The Morgan fingerprint density at radius 1 is 1.19 bits per heavy atom. The van der Waals surface area contributed by atoms with Crippen LogP contribution in [0.25, 0.3) is 0 Å². The molecule has 1 heterocycles. The maximum absolute atomic E-state index is 13.6. The van der Waals surface area contributed by atoms with E-state index in [0.717, 1.165) is 17.4 Å². The molecule has 9 nitrogen and oxygen atoms in total. The van der Waals surface area contributed by atoms with Crippen LogP contribution < -0.4 is 9.64 Å². The number of anilines is 1. The zero-order valence-electron chi connectivity index (χ0n) is 20.1. The van der Waals surface area contributed by atoms with Crippen molar-refractivity contribution in [2.45, 2.75) is 65.7 Å². The lowest BCUT2D eigenvalue weighted by Crippen LogP contribution is -2.49. The fourth-order valence-corrected chi connectivity index (χ4v) is 4.42. The lowest BCUT2D eigenvalue weighted by molar-refractivity contribution is -0.122. The van der Waals surface area contributed by atoms with E-state index in [-0.39, 0.29) is 18.9 Å². The summed E-state index contributed by atoms with van der Waals surface area (Å²) >= 11 is 0. The van der Waals surface area contributed by atoms with Gasteiger partial charge in [0.2, 0.25) is 5.91 Å². The molecule has 0 radical (unpaired) electrons. The normalized spacial score (nSPS) is 19.1. The van der Waals surface area contributed by atoms with Crippen molar-refractivity contribution < 1.29 is 31.7 Å². The molecular formula is C22H34N2O7S. The molecule has 180 valence electrons. The van der Waals surface area contributed by atoms with Gasteiger partial charge in [0, 0.05) is 18.7 Å². The highest BCUT2D eigenvalue weighted by Crippen LogP contribution is 2.32. The molecule has 2 unspecified atom stereocenters. The summed E-state index contributed by atoms with van der Waals surface area (Å²) in [5.74, 6) is 0.387. The highest BCUT2D eigenvalue weighted by molar-refractivity contribution is 7.86. The van der Waals surface area contributed by atoms with Crippen LogP contribution in [0.4, 0.5) is 10.5 Å². The predicted molar refractivity (Wildman–Crippen MR) is 122 cm³/mol. The fraction of sp³-hybridized carbons (Fsp3) is 0.636. The van der Waals surface area contributed by atoms with E-state index in [1.54, 1.807) is 44.9 Å². The first-order valence-corrected chi connectivity index (χ1v) is 12.3. The number of rotatable bonds is 6. The largest absolute Gasteiger partial charge is 0.496 e. The summed E-state index contributed by atoms with van der Waals surface area (Å²) in [5, 5.41) is 0. The first-order valence-electron chi connectivity index (χ1n) is 10.5. The summed E-state index contributed by atoms with van der Waals surface area (Å²) in [6.07, 6.45) is -0.518. The second kappa shape index (κ2) is 9.66. The number of benzene rings is 1. The maximum Gasteiger partial charge on any atom is 0.411 e. The molecule has 1 aliphatic heterocycles. The average Bonchev–Trinajstić information content (AvgIpc) is 3.06. The molecule has 0 aromatic heterocycles. The molecule has 0 aliphatic carbocycles. The SMILES string of the molecule is CCN(C(=O)C1CC(OS(C)(=O)=O)CN1C(=O)OC(C)(C)C)c1ccc(OC)c(C)c1C. The molecule has 2 atom stereocenters. The van der Waals surface area contributed by atoms with Crippen molar-refractivity contribution in [2.24, 2.45) is 0 Å². The molecule has 1 aliphatic rings. The van der Waals surface area contributed by atoms with Crippen LogP contribution in [0.15, 0.2) is 12.1 Å². The minimum atomic E-state index is -3.76. The molecule has 1 aromatic rings. The summed E-state index contributed by atoms with van der Waals surface area (Å²) < 4.78 is 39.3. The number of ether oxygens (including phenoxy) is 2. The summed E-state index contributed by atoms with van der Waals surface area (Å²) in [5.41, 5.74) is 1.72. The van der Waals surface area contributed by atoms with Crippen molar-refractivity contribution in [1.29, 1.82) is 0 Å². The molecule has 1 fully saturated rings. The van der Waals surface area contributed by atoms with Gasteiger partial charge in [0.15, 0.2) is 0 Å². The van der Waals surface area contributed by atoms with Gasteiger partial charge in [0.05, 0.1) is 26.0 Å². The number of hydrogen-bond acceptors (Lipinski definition) is 7. The third kappa shape index (κ3) is 6.13. The van der Waals surface area contributed by atoms with Gasteiger partial charge in [0.1, 0.15) is 17.4 Å². The standard InChI is InChI=1S/C22H34N2O7S/c1-9-23(17-10-11-19(29-7)15(3)14(17)2)20(25)18-12-16(31-32(8,27)28)13-24(18)21(26)30-22(4,5)6/h10-11,16,18H,9,12-13H2,1-8H3. The summed E-state index contributed by atoms with van der Waals surface area (Å²) in [6, 6.07) is 2.68. The Morgan fingerprint density at radius 2 is 1.81 bits per heavy atom. The Labute approximate surface area is 190 Å². The number of amides is 2. The van der Waals surface area contributed by atoms with E-state index in [1.165, 1.54) is 4.90 Å². The zero-order valence-corrected chi connectivity index (χ0v) is 20.9. The van der Waals surface area contributed by atoms with E-state index < -0.39 is 34.0 Å². The Hall–Kier alpha value is -2.33. The van der Waals surface area contributed by atoms with Crippen LogP contribution in [0.1, 0.15) is 45.2 Å². The smallest absolute Gasteiger partial charge is 0.411 e. The third-order valence-corrected chi connectivity index (χ3v) is 5.91. The van der Waals surface area contributed by atoms with Crippen LogP contribution in [-0.4, -0.2) is 69.5 Å². The second-order valence-corrected chi connectivity index (χ2v) is 10.5. The van der Waals surface area contributed by atoms with Gasteiger partial charge < -0.3 is 14.4 Å². The first-order chi connectivity index (χ1) is 14.7. The van der Waals surface area contributed by atoms with E-state index >= 15 is 0 Å². The zero-order chi connectivity index (χ0) is 24.4. The van der Waals surface area contributed by atoms with Crippen LogP contribution in [0.2, 0.25) is 0 Å². The minimum Gasteiger partial charge on any atom is -0.496 e. The van der Waals surface area contributed by atoms with Crippen LogP contribution in [0.3, 0.4) is 0 Å². The van der Waals surface area contributed by atoms with E-state index in [2.05, 4.69) is 0 Å². The van der Waals surface area contributed by atoms with Crippen molar-refractivity contribution in [2.75, 3.05) is 31.4 Å². The Kier molecular flexibility index (Phi) is 7.83. The molecule has 2 amide bonds. The number of likely N-dealkylation sites (N-methyl/N-ethyl adjacent to an activating group) is 1. The average molecular weight is 471 g/mol. The monoisotopic (exact) mass is 470 g/mol. The van der Waals surface area contributed by atoms with Gasteiger partial charge in [-0.25, -0.2) is 4.79 Å². The third-order valence-electron chi connectivity index (χ3n) is 5.29. The molecule has 0 saturated carbocycles. The van der Waals surface area contributed by atoms with Crippen molar-refractivity contribution in [1.82, 2.24) is 4.90 Å². The van der Waals surface area contributed by atoms with Crippen LogP contribution in [-0.2, 0) is 23.8 Å². The van der Waals surface area contributed by atoms with Crippen molar-refractivity contribution in [3.8, 4) is 5.75 Å². The number of carbonyl (C=O) groups excluding carboxylic acids is 2. The molecule has 1 aromatic carbocycles. The van der Waals surface area contributed by atoms with Gasteiger partial charge >= 0.3 is 6.09 Å². The van der Waals surface area contributed by atoms with Gasteiger partial charge in [-0.2, -0.15) is 8.42 Å². The van der Waals surface area contributed by atoms with Gasteiger partial charge in [-0.3, -0.25) is 13.9 Å². The lowest BCUT2D eigenvalue weighted by Gasteiger charge is -2.32. The van der Waals surface area contributed by atoms with Gasteiger partial charge in [-0.1, -0.05) is 0 Å². The summed E-state index contributed by atoms with van der Waals surface area (Å²) in [7, 11) is -2.17. The Morgan fingerprint density at radius 3 is 2.31 bits per heavy atom. The Balaban J connectivity index is 2.41. The summed E-state index contributed by atoms with van der Waals surface area (Å²) in [4.78, 5) is 29.3. The summed E-state index contributed by atoms with van der Waals surface area (Å²) in [6.45, 7) is 11.1. The van der Waals surface area contributed by atoms with Crippen LogP contribution in [0.5, 0.6) is 5.75 Å². The van der Waals surface area contributed by atoms with Gasteiger partial charge in [0.25, 0.3) is 10.1 Å². The highest BCUT2D eigenvalue weighted by atomic mass is 32.2. The molecule has 0 N–H and O–H groups in total. The fourth-order valence-electron chi connectivity index (χ4n) is 3.79. The number of hydrogen-bond donors (Lipinski definition) is 0. The topological polar surface area (TPSA) is 102 Å². The molecule has 1 saturated heterocycles. The predicted octanol–water partition coefficient (Wildman–Crippen LogP) is 3.02. The van der Waals surface area contributed by atoms with Crippen LogP contribution >= 0.6 is 0 Å². The quantitative estimate of drug-likeness (QED) is 0.589. The number of likely N-dealkylation sites (tertiary alicyclic amines) is 1. The molecule has 32 heavy (non-hydrogen) atoms. The van der Waals surface area contributed by atoms with E-state index in [9.17, 15) is 18.0 Å². The van der Waals surface area contributed by atoms with E-state index in [4.69, 9.17) is 13.7 Å². The number of nitrogens with zero attached hydrogens (tertiary/aromatic N) is 2. The van der Waals surface area contributed by atoms with Gasteiger partial charge in [-0.15, -0.1) is 0 Å². The molecule has 0 bridgehead atoms. The molecule has 2 rings (SSSR count). The number of carbonyl (C=O) groups is 2. The Bertz CT molecular complexity index is 969.